The number of allylic oxidation sites excluding steroid dienone is 1. The van der Waals surface area contributed by atoms with Crippen molar-refractivity contribution in [2.24, 2.45) is 0 Å². The Morgan fingerprint density at radius 1 is 1.04 bits per heavy atom. The highest BCUT2D eigenvalue weighted by Gasteiger charge is 2.29. The van der Waals surface area contributed by atoms with E-state index in [2.05, 4.69) is 5.32 Å². The maximum absolute atomic E-state index is 12.9. The van der Waals surface area contributed by atoms with E-state index in [0.717, 1.165) is 12.1 Å². The maximum Gasteiger partial charge on any atom is 0.416 e. The van der Waals surface area contributed by atoms with Crippen LogP contribution in [0.3, 0.4) is 0 Å². The Labute approximate surface area is 136 Å². The molecule has 0 fully saturated rings. The van der Waals surface area contributed by atoms with Crippen molar-refractivity contribution in [3.05, 3.63) is 77.1 Å². The van der Waals surface area contributed by atoms with Crippen LogP contribution in [0.4, 0.5) is 17.6 Å². The van der Waals surface area contributed by atoms with Crippen molar-refractivity contribution in [3.8, 4) is 0 Å². The summed E-state index contributed by atoms with van der Waals surface area (Å²) in [6.07, 6.45) is -3.02. The number of hydrogen-bond acceptors (Lipinski definition) is 1. The zero-order chi connectivity index (χ0) is 17.7. The SMILES string of the molecule is C/C(=C/C(=O)NCc1ccc(C(F)(F)F)cc1)c1ccc(F)cc1. The number of rotatable bonds is 4. The summed E-state index contributed by atoms with van der Waals surface area (Å²) >= 11 is 0. The molecule has 0 aliphatic rings. The fourth-order valence-corrected chi connectivity index (χ4v) is 2.04. The number of carbonyl (C=O) groups is 1. The largest absolute Gasteiger partial charge is 0.416 e. The van der Waals surface area contributed by atoms with E-state index in [-0.39, 0.29) is 18.3 Å². The van der Waals surface area contributed by atoms with Gasteiger partial charge in [0.2, 0.25) is 5.91 Å². The van der Waals surface area contributed by atoms with Gasteiger partial charge in [0.25, 0.3) is 0 Å². The lowest BCUT2D eigenvalue weighted by Gasteiger charge is -2.08. The van der Waals surface area contributed by atoms with Gasteiger partial charge >= 0.3 is 6.18 Å². The zero-order valence-corrected chi connectivity index (χ0v) is 12.8. The van der Waals surface area contributed by atoms with E-state index in [0.29, 0.717) is 16.7 Å². The van der Waals surface area contributed by atoms with Crippen LogP contribution < -0.4 is 5.32 Å². The van der Waals surface area contributed by atoms with Crippen molar-refractivity contribution >= 4 is 11.5 Å². The Balaban J connectivity index is 1.95. The van der Waals surface area contributed by atoms with E-state index < -0.39 is 11.7 Å². The van der Waals surface area contributed by atoms with Gasteiger partial charge in [-0.1, -0.05) is 24.3 Å². The Morgan fingerprint density at radius 2 is 1.62 bits per heavy atom. The molecule has 0 bridgehead atoms. The Hall–Kier alpha value is -2.63. The molecule has 0 radical (unpaired) electrons. The lowest BCUT2D eigenvalue weighted by molar-refractivity contribution is -0.137. The molecule has 0 saturated heterocycles. The third-order valence-corrected chi connectivity index (χ3v) is 3.40. The Morgan fingerprint density at radius 3 is 2.17 bits per heavy atom. The average molecular weight is 337 g/mol. The number of hydrogen-bond donors (Lipinski definition) is 1. The molecule has 0 aliphatic carbocycles. The second-order valence-corrected chi connectivity index (χ2v) is 5.25. The van der Waals surface area contributed by atoms with Crippen molar-refractivity contribution < 1.29 is 22.4 Å². The maximum atomic E-state index is 12.9. The van der Waals surface area contributed by atoms with Gasteiger partial charge in [-0.05, 0) is 47.9 Å². The van der Waals surface area contributed by atoms with Crippen molar-refractivity contribution in [2.75, 3.05) is 0 Å². The third kappa shape index (κ3) is 4.94. The van der Waals surface area contributed by atoms with E-state index >= 15 is 0 Å². The van der Waals surface area contributed by atoms with E-state index in [1.165, 1.54) is 30.3 Å². The van der Waals surface area contributed by atoms with E-state index in [9.17, 15) is 22.4 Å². The van der Waals surface area contributed by atoms with Gasteiger partial charge < -0.3 is 5.32 Å². The lowest BCUT2D eigenvalue weighted by atomic mass is 10.1. The molecule has 1 amide bonds. The molecule has 2 aromatic rings. The van der Waals surface area contributed by atoms with Gasteiger partial charge in [0.1, 0.15) is 5.82 Å². The molecule has 126 valence electrons. The molecule has 2 nitrogen and oxygen atoms in total. The summed E-state index contributed by atoms with van der Waals surface area (Å²) in [5, 5.41) is 2.60. The highest BCUT2D eigenvalue weighted by atomic mass is 19.4. The average Bonchev–Trinajstić information content (AvgIpc) is 2.53. The predicted molar refractivity (Wildman–Crippen MR) is 83.3 cm³/mol. The molecule has 0 saturated carbocycles. The summed E-state index contributed by atoms with van der Waals surface area (Å²) in [7, 11) is 0. The monoisotopic (exact) mass is 337 g/mol. The summed E-state index contributed by atoms with van der Waals surface area (Å²) in [4.78, 5) is 11.9. The van der Waals surface area contributed by atoms with Crippen LogP contribution in [0.5, 0.6) is 0 Å². The van der Waals surface area contributed by atoms with Gasteiger partial charge in [0, 0.05) is 12.6 Å². The number of halogens is 4. The van der Waals surface area contributed by atoms with E-state index in [1.807, 2.05) is 0 Å². The molecule has 0 aromatic heterocycles. The second kappa shape index (κ2) is 7.29. The fraction of sp³-hybridized carbons (Fsp3) is 0.167. The molecular weight excluding hydrogens is 322 g/mol. The molecule has 0 heterocycles. The first-order chi connectivity index (χ1) is 11.3. The number of benzene rings is 2. The van der Waals surface area contributed by atoms with E-state index in [4.69, 9.17) is 0 Å². The van der Waals surface area contributed by atoms with Crippen LogP contribution in [0.25, 0.3) is 5.57 Å². The fourth-order valence-electron chi connectivity index (χ4n) is 2.04. The van der Waals surface area contributed by atoms with Crippen LogP contribution >= 0.6 is 0 Å². The molecule has 24 heavy (non-hydrogen) atoms. The van der Waals surface area contributed by atoms with Gasteiger partial charge in [-0.2, -0.15) is 13.2 Å². The summed E-state index contributed by atoms with van der Waals surface area (Å²) in [5.74, 6) is -0.741. The van der Waals surface area contributed by atoms with Gasteiger partial charge in [-0.3, -0.25) is 4.79 Å². The Kier molecular flexibility index (Phi) is 5.39. The minimum absolute atomic E-state index is 0.115. The second-order valence-electron chi connectivity index (χ2n) is 5.25. The highest BCUT2D eigenvalue weighted by molar-refractivity contribution is 5.94. The van der Waals surface area contributed by atoms with Crippen LogP contribution in [-0.4, -0.2) is 5.91 Å². The van der Waals surface area contributed by atoms with Crippen LogP contribution in [0.2, 0.25) is 0 Å². The van der Waals surface area contributed by atoms with Crippen molar-refractivity contribution in [3.63, 3.8) is 0 Å². The van der Waals surface area contributed by atoms with Crippen molar-refractivity contribution in [1.82, 2.24) is 5.32 Å². The quantitative estimate of drug-likeness (QED) is 0.643. The predicted octanol–water partition coefficient (Wildman–Crippen LogP) is 4.56. The summed E-state index contributed by atoms with van der Waals surface area (Å²) in [5.41, 5.74) is 1.19. The molecule has 0 atom stereocenters. The minimum atomic E-state index is -4.38. The highest BCUT2D eigenvalue weighted by Crippen LogP contribution is 2.29. The molecule has 2 rings (SSSR count). The van der Waals surface area contributed by atoms with E-state index in [1.54, 1.807) is 19.1 Å². The molecule has 0 unspecified atom stereocenters. The van der Waals surface area contributed by atoms with Crippen molar-refractivity contribution in [1.29, 1.82) is 0 Å². The Bertz CT molecular complexity index is 731. The summed E-state index contributed by atoms with van der Waals surface area (Å²) in [6.45, 7) is 1.83. The smallest absolute Gasteiger partial charge is 0.348 e. The molecular formula is C18H15F4NO. The number of nitrogens with one attached hydrogen (secondary N) is 1. The first kappa shape index (κ1) is 17.7. The first-order valence-corrected chi connectivity index (χ1v) is 7.14. The lowest BCUT2D eigenvalue weighted by Crippen LogP contribution is -2.20. The van der Waals surface area contributed by atoms with Gasteiger partial charge in [-0.25, -0.2) is 4.39 Å². The van der Waals surface area contributed by atoms with Crippen LogP contribution in [0.1, 0.15) is 23.6 Å². The molecule has 0 aliphatic heterocycles. The number of carbonyl (C=O) groups excluding carboxylic acids is 1. The first-order valence-electron chi connectivity index (χ1n) is 7.14. The molecule has 1 N–H and O–H groups in total. The molecule has 0 spiro atoms. The standard InChI is InChI=1S/C18H15F4NO/c1-12(14-4-8-16(19)9-5-14)10-17(24)23-11-13-2-6-15(7-3-13)18(20,21)22/h2-10H,11H2,1H3,(H,23,24)/b12-10-. The number of amides is 1. The van der Waals surface area contributed by atoms with Crippen molar-refractivity contribution in [2.45, 2.75) is 19.6 Å². The van der Waals surface area contributed by atoms with Gasteiger partial charge in [0.15, 0.2) is 0 Å². The van der Waals surface area contributed by atoms with Gasteiger partial charge in [-0.15, -0.1) is 0 Å². The molecule has 6 heteroatoms. The van der Waals surface area contributed by atoms with Crippen LogP contribution in [0.15, 0.2) is 54.6 Å². The van der Waals surface area contributed by atoms with Crippen LogP contribution in [0, 0.1) is 5.82 Å². The summed E-state index contributed by atoms with van der Waals surface area (Å²) < 4.78 is 50.2. The minimum Gasteiger partial charge on any atom is -0.348 e. The molecule has 2 aromatic carbocycles. The van der Waals surface area contributed by atoms with Crippen LogP contribution in [-0.2, 0) is 17.5 Å². The number of alkyl halides is 3. The third-order valence-electron chi connectivity index (χ3n) is 3.40. The topological polar surface area (TPSA) is 29.1 Å². The summed E-state index contributed by atoms with van der Waals surface area (Å²) in [6, 6.07) is 10.3. The normalized spacial score (nSPS) is 12.1. The zero-order valence-electron chi connectivity index (χ0n) is 12.8. The van der Waals surface area contributed by atoms with Gasteiger partial charge in [0.05, 0.1) is 5.56 Å².